The van der Waals surface area contributed by atoms with Gasteiger partial charge in [0.2, 0.25) is 5.89 Å². The predicted molar refractivity (Wildman–Crippen MR) is 74.5 cm³/mol. The number of nitrogens with zero attached hydrogens (tertiary/aromatic N) is 1. The topological polar surface area (TPSA) is 81.2 Å². The molecule has 1 aromatic carbocycles. The molecule has 1 amide bonds. The number of carbonyl (C=O) groups is 1. The number of piperidine rings is 2. The first kappa shape index (κ1) is 11.9. The number of aromatic nitrogens is 1. The Labute approximate surface area is 116 Å². The van der Waals surface area contributed by atoms with Crippen LogP contribution in [0.5, 0.6) is 0 Å². The third kappa shape index (κ3) is 1.59. The van der Waals surface area contributed by atoms with Gasteiger partial charge in [-0.05, 0) is 37.8 Å². The van der Waals surface area contributed by atoms with E-state index in [9.17, 15) is 4.79 Å². The highest BCUT2D eigenvalue weighted by Gasteiger charge is 2.45. The van der Waals surface area contributed by atoms with Crippen LogP contribution < -0.4 is 11.1 Å². The summed E-state index contributed by atoms with van der Waals surface area (Å²) >= 11 is 0. The fraction of sp³-hybridized carbons (Fsp3) is 0.467. The Hall–Kier alpha value is -1.88. The van der Waals surface area contributed by atoms with Crippen molar-refractivity contribution >= 4 is 17.0 Å². The number of nitrogens with two attached hydrogens (primary N) is 1. The molecule has 3 aliphatic rings. The molecule has 0 radical (unpaired) electrons. The molecule has 1 saturated carbocycles. The van der Waals surface area contributed by atoms with Crippen molar-refractivity contribution < 1.29 is 9.21 Å². The zero-order valence-electron chi connectivity index (χ0n) is 11.2. The predicted octanol–water partition coefficient (Wildman–Crippen LogP) is 1.71. The molecule has 3 fully saturated rings. The highest BCUT2D eigenvalue weighted by atomic mass is 16.3. The molecule has 2 aliphatic heterocycles. The van der Waals surface area contributed by atoms with E-state index in [1.807, 2.05) is 6.07 Å². The fourth-order valence-corrected chi connectivity index (χ4v) is 3.55. The Bertz CT molecular complexity index is 670. The highest BCUT2D eigenvalue weighted by Crippen LogP contribution is 2.43. The van der Waals surface area contributed by atoms with Crippen molar-refractivity contribution in [2.24, 2.45) is 5.73 Å². The van der Waals surface area contributed by atoms with E-state index in [0.717, 1.165) is 25.3 Å². The van der Waals surface area contributed by atoms with Crippen molar-refractivity contribution in [3.05, 3.63) is 29.7 Å². The van der Waals surface area contributed by atoms with Crippen molar-refractivity contribution in [3.8, 4) is 0 Å². The smallest absolute Gasteiger partial charge is 0.251 e. The van der Waals surface area contributed by atoms with Gasteiger partial charge >= 0.3 is 0 Å². The zero-order valence-corrected chi connectivity index (χ0v) is 11.2. The number of fused-ring (bicyclic) bond motifs is 4. The van der Waals surface area contributed by atoms with Crippen LogP contribution in [0.3, 0.4) is 0 Å². The number of hydrogen-bond acceptors (Lipinski definition) is 4. The van der Waals surface area contributed by atoms with Crippen LogP contribution in [0.4, 0.5) is 0 Å². The molecule has 0 unspecified atom stereocenters. The molecule has 5 nitrogen and oxygen atoms in total. The van der Waals surface area contributed by atoms with E-state index >= 15 is 0 Å². The molecule has 20 heavy (non-hydrogen) atoms. The minimum Gasteiger partial charge on any atom is -0.440 e. The van der Waals surface area contributed by atoms with Crippen LogP contribution in [-0.4, -0.2) is 23.5 Å². The Morgan fingerprint density at radius 1 is 1.40 bits per heavy atom. The molecule has 1 aliphatic carbocycles. The lowest BCUT2D eigenvalue weighted by Crippen LogP contribution is -2.53. The summed E-state index contributed by atoms with van der Waals surface area (Å²) in [6, 6.07) is 5.98. The summed E-state index contributed by atoms with van der Waals surface area (Å²) in [5.74, 6) is 0.297. The molecule has 104 valence electrons. The monoisotopic (exact) mass is 271 g/mol. The normalized spacial score (nSPS) is 28.9. The van der Waals surface area contributed by atoms with Crippen LogP contribution in [0.2, 0.25) is 0 Å². The SMILES string of the molecule is NC(=O)c1cccc2oc(C34CCC(CC3)NC4)nc12. The van der Waals surface area contributed by atoms with Crippen molar-refractivity contribution in [2.45, 2.75) is 37.1 Å². The second-order valence-corrected chi connectivity index (χ2v) is 5.97. The second kappa shape index (κ2) is 4.06. The first-order chi connectivity index (χ1) is 9.68. The van der Waals surface area contributed by atoms with Gasteiger partial charge in [0, 0.05) is 12.6 Å². The average Bonchev–Trinajstić information content (AvgIpc) is 2.93. The summed E-state index contributed by atoms with van der Waals surface area (Å²) < 4.78 is 5.96. The first-order valence-corrected chi connectivity index (χ1v) is 7.11. The summed E-state index contributed by atoms with van der Waals surface area (Å²) in [7, 11) is 0. The lowest BCUT2D eigenvalue weighted by Gasteiger charge is -2.45. The minimum absolute atomic E-state index is 0.0112. The number of oxazole rings is 1. The minimum atomic E-state index is -0.460. The number of primary amides is 1. The zero-order chi connectivity index (χ0) is 13.7. The molecule has 2 saturated heterocycles. The number of amides is 1. The Kier molecular flexibility index (Phi) is 2.41. The van der Waals surface area contributed by atoms with Crippen molar-refractivity contribution in [1.29, 1.82) is 0 Å². The van der Waals surface area contributed by atoms with Crippen molar-refractivity contribution in [2.75, 3.05) is 6.54 Å². The highest BCUT2D eigenvalue weighted by molar-refractivity contribution is 6.03. The van der Waals surface area contributed by atoms with E-state index < -0.39 is 5.91 Å². The molecule has 2 bridgehead atoms. The van der Waals surface area contributed by atoms with E-state index in [0.29, 0.717) is 22.7 Å². The van der Waals surface area contributed by atoms with Crippen LogP contribution >= 0.6 is 0 Å². The van der Waals surface area contributed by atoms with E-state index in [4.69, 9.17) is 10.2 Å². The molecule has 3 N–H and O–H groups in total. The van der Waals surface area contributed by atoms with Gasteiger partial charge in [-0.2, -0.15) is 0 Å². The Balaban J connectivity index is 1.85. The van der Waals surface area contributed by atoms with Crippen LogP contribution in [-0.2, 0) is 5.41 Å². The standard InChI is InChI=1S/C15H17N3O2/c16-13(19)10-2-1-3-11-12(10)18-14(20-11)15-6-4-9(5-7-15)17-8-15/h1-3,9,17H,4-8H2,(H2,16,19). The molecule has 2 aromatic rings. The van der Waals surface area contributed by atoms with Crippen molar-refractivity contribution in [3.63, 3.8) is 0 Å². The van der Waals surface area contributed by atoms with Gasteiger partial charge < -0.3 is 15.5 Å². The lowest BCUT2D eigenvalue weighted by molar-refractivity contribution is 0.100. The number of hydrogen-bond donors (Lipinski definition) is 2. The molecular weight excluding hydrogens is 254 g/mol. The van der Waals surface area contributed by atoms with E-state index in [2.05, 4.69) is 10.3 Å². The molecule has 5 heteroatoms. The summed E-state index contributed by atoms with van der Waals surface area (Å²) in [4.78, 5) is 16.1. The maximum absolute atomic E-state index is 11.5. The van der Waals surface area contributed by atoms with Crippen LogP contribution in [0.1, 0.15) is 41.9 Å². The van der Waals surface area contributed by atoms with E-state index in [1.165, 1.54) is 12.8 Å². The molecule has 0 atom stereocenters. The summed E-state index contributed by atoms with van der Waals surface area (Å²) in [6.07, 6.45) is 4.54. The number of carbonyl (C=O) groups excluding carboxylic acids is 1. The van der Waals surface area contributed by atoms with Gasteiger partial charge in [0.25, 0.3) is 5.91 Å². The Morgan fingerprint density at radius 2 is 2.20 bits per heavy atom. The number of nitrogens with one attached hydrogen (secondary N) is 1. The van der Waals surface area contributed by atoms with Gasteiger partial charge in [0.1, 0.15) is 5.52 Å². The van der Waals surface area contributed by atoms with Crippen LogP contribution in [0, 0.1) is 0 Å². The Morgan fingerprint density at radius 3 is 2.85 bits per heavy atom. The van der Waals surface area contributed by atoms with Crippen LogP contribution in [0.15, 0.2) is 22.6 Å². The summed E-state index contributed by atoms with van der Waals surface area (Å²) in [5, 5.41) is 3.55. The maximum atomic E-state index is 11.5. The maximum Gasteiger partial charge on any atom is 0.251 e. The molecule has 5 rings (SSSR count). The quantitative estimate of drug-likeness (QED) is 0.871. The van der Waals surface area contributed by atoms with Gasteiger partial charge in [-0.15, -0.1) is 0 Å². The third-order valence-electron chi connectivity index (χ3n) is 4.81. The number of para-hydroxylation sites is 1. The third-order valence-corrected chi connectivity index (χ3v) is 4.81. The number of rotatable bonds is 2. The molecule has 0 spiro atoms. The van der Waals surface area contributed by atoms with Crippen LogP contribution in [0.25, 0.3) is 11.1 Å². The molecular formula is C15H17N3O2. The largest absolute Gasteiger partial charge is 0.440 e. The number of benzene rings is 1. The molecule has 1 aromatic heterocycles. The summed E-state index contributed by atoms with van der Waals surface area (Å²) in [6.45, 7) is 0.913. The van der Waals surface area contributed by atoms with Gasteiger partial charge in [-0.25, -0.2) is 4.98 Å². The average molecular weight is 271 g/mol. The van der Waals surface area contributed by atoms with E-state index in [1.54, 1.807) is 12.1 Å². The van der Waals surface area contributed by atoms with Gasteiger partial charge in [0.15, 0.2) is 5.58 Å². The van der Waals surface area contributed by atoms with Crippen molar-refractivity contribution in [1.82, 2.24) is 10.3 Å². The summed E-state index contributed by atoms with van der Waals surface area (Å²) in [5.41, 5.74) is 7.08. The lowest BCUT2D eigenvalue weighted by atomic mass is 9.68. The second-order valence-electron chi connectivity index (χ2n) is 5.97. The van der Waals surface area contributed by atoms with Gasteiger partial charge in [-0.1, -0.05) is 6.07 Å². The van der Waals surface area contributed by atoms with Gasteiger partial charge in [0.05, 0.1) is 11.0 Å². The van der Waals surface area contributed by atoms with Gasteiger partial charge in [-0.3, -0.25) is 4.79 Å². The van der Waals surface area contributed by atoms with E-state index in [-0.39, 0.29) is 5.41 Å². The molecule has 3 heterocycles. The fourth-order valence-electron chi connectivity index (χ4n) is 3.55. The first-order valence-electron chi connectivity index (χ1n) is 7.11.